The summed E-state index contributed by atoms with van der Waals surface area (Å²) in [5.41, 5.74) is -1.28. The molecule has 0 aliphatic carbocycles. The number of nitrogens with zero attached hydrogens (tertiary/aromatic N) is 2. The standard InChI is InChI=1S/C16H29FN2O3S/c1-14(2,3)22-13(20)19-9-7-16(11-17,8-10-19)12-18-23(21)15(4,5)6/h12H,7-11H2,1-6H3. The fourth-order valence-corrected chi connectivity index (χ4v) is 2.71. The summed E-state index contributed by atoms with van der Waals surface area (Å²) in [6.45, 7) is 11.2. The van der Waals surface area contributed by atoms with E-state index in [9.17, 15) is 13.7 Å². The highest BCUT2D eigenvalue weighted by Gasteiger charge is 2.37. The molecule has 1 heterocycles. The third-order valence-electron chi connectivity index (χ3n) is 3.62. The zero-order valence-corrected chi connectivity index (χ0v) is 15.8. The minimum atomic E-state index is -1.40. The molecule has 1 fully saturated rings. The monoisotopic (exact) mass is 348 g/mol. The first-order chi connectivity index (χ1) is 10.4. The van der Waals surface area contributed by atoms with Crippen molar-refractivity contribution in [3.63, 3.8) is 0 Å². The maximum Gasteiger partial charge on any atom is 0.410 e. The van der Waals surface area contributed by atoms with Crippen LogP contribution in [-0.2, 0) is 16.1 Å². The van der Waals surface area contributed by atoms with Crippen LogP contribution in [-0.4, -0.2) is 51.9 Å². The normalized spacial score (nSPS) is 20.6. The molecule has 0 spiro atoms. The summed E-state index contributed by atoms with van der Waals surface area (Å²) in [5.74, 6) is 0. The zero-order chi connectivity index (χ0) is 17.9. The van der Waals surface area contributed by atoms with Crippen LogP contribution in [0, 0.1) is 5.41 Å². The summed E-state index contributed by atoms with van der Waals surface area (Å²) in [6, 6.07) is 0. The van der Waals surface area contributed by atoms with E-state index in [0.29, 0.717) is 25.9 Å². The first-order valence-electron chi connectivity index (χ1n) is 7.90. The Morgan fingerprint density at radius 3 is 2.22 bits per heavy atom. The molecule has 1 unspecified atom stereocenters. The molecule has 5 nitrogen and oxygen atoms in total. The molecule has 0 aromatic rings. The van der Waals surface area contributed by atoms with Crippen molar-refractivity contribution in [3.8, 4) is 0 Å². The summed E-state index contributed by atoms with van der Waals surface area (Å²) in [4.78, 5) is 13.6. The van der Waals surface area contributed by atoms with Gasteiger partial charge in [-0.05, 0) is 54.4 Å². The van der Waals surface area contributed by atoms with Gasteiger partial charge in [-0.25, -0.2) is 4.79 Å². The number of hydrogen-bond donors (Lipinski definition) is 0. The van der Waals surface area contributed by atoms with Crippen LogP contribution >= 0.6 is 0 Å². The average Bonchev–Trinajstić information content (AvgIpc) is 2.42. The van der Waals surface area contributed by atoms with Gasteiger partial charge in [-0.1, -0.05) is 4.40 Å². The van der Waals surface area contributed by atoms with Gasteiger partial charge in [0.2, 0.25) is 0 Å². The third kappa shape index (κ3) is 6.30. The average molecular weight is 348 g/mol. The lowest BCUT2D eigenvalue weighted by atomic mass is 9.81. The molecule has 1 saturated heterocycles. The lowest BCUT2D eigenvalue weighted by Crippen LogP contribution is -2.46. The quantitative estimate of drug-likeness (QED) is 0.579. The van der Waals surface area contributed by atoms with Gasteiger partial charge in [0.05, 0.1) is 6.21 Å². The predicted octanol–water partition coefficient (Wildman–Crippen LogP) is 3.51. The van der Waals surface area contributed by atoms with Crippen molar-refractivity contribution in [2.75, 3.05) is 19.8 Å². The molecule has 0 aromatic heterocycles. The molecule has 0 bridgehead atoms. The fraction of sp³-hybridized carbons (Fsp3) is 0.875. The SMILES string of the molecule is CC(C)(C)OC(=O)N1CCC(C=N[S+]([O-])C(C)(C)C)(CF)CC1. The van der Waals surface area contributed by atoms with Gasteiger partial charge in [0, 0.05) is 18.5 Å². The second-order valence-electron chi connectivity index (χ2n) is 8.06. The predicted molar refractivity (Wildman–Crippen MR) is 91.8 cm³/mol. The molecule has 23 heavy (non-hydrogen) atoms. The fourth-order valence-electron chi connectivity index (χ4n) is 2.08. The third-order valence-corrected chi connectivity index (χ3v) is 4.97. The first kappa shape index (κ1) is 20.2. The van der Waals surface area contributed by atoms with Gasteiger partial charge in [-0.15, -0.1) is 0 Å². The van der Waals surface area contributed by atoms with Crippen LogP contribution in [0.3, 0.4) is 0 Å². The van der Waals surface area contributed by atoms with E-state index in [4.69, 9.17) is 4.74 Å². The van der Waals surface area contributed by atoms with E-state index in [1.807, 2.05) is 41.5 Å². The molecule has 0 aromatic carbocycles. The van der Waals surface area contributed by atoms with Gasteiger partial charge >= 0.3 is 6.09 Å². The smallest absolute Gasteiger partial charge is 0.410 e. The Hall–Kier alpha value is -0.820. The molecule has 0 radical (unpaired) electrons. The Labute approximate surface area is 142 Å². The number of carbonyl (C=O) groups is 1. The van der Waals surface area contributed by atoms with Gasteiger partial charge in [0.1, 0.15) is 28.4 Å². The van der Waals surface area contributed by atoms with Crippen molar-refractivity contribution in [1.82, 2.24) is 4.90 Å². The minimum absolute atomic E-state index is 0.375. The van der Waals surface area contributed by atoms with Crippen LogP contribution in [0.25, 0.3) is 0 Å². The Morgan fingerprint density at radius 2 is 1.83 bits per heavy atom. The summed E-state index contributed by atoms with van der Waals surface area (Å²) >= 11 is -1.40. The lowest BCUT2D eigenvalue weighted by Gasteiger charge is -2.38. The van der Waals surface area contributed by atoms with E-state index in [0.717, 1.165) is 0 Å². The second-order valence-corrected chi connectivity index (χ2v) is 9.99. The highest BCUT2D eigenvalue weighted by Crippen LogP contribution is 2.32. The van der Waals surface area contributed by atoms with Crippen molar-refractivity contribution < 1.29 is 18.5 Å². The lowest BCUT2D eigenvalue weighted by molar-refractivity contribution is 0.0143. The van der Waals surface area contributed by atoms with Crippen molar-refractivity contribution in [2.24, 2.45) is 9.81 Å². The minimum Gasteiger partial charge on any atom is -0.591 e. The first-order valence-corrected chi connectivity index (χ1v) is 9.00. The molecule has 7 heteroatoms. The van der Waals surface area contributed by atoms with Crippen LogP contribution in [0.15, 0.2) is 4.40 Å². The number of ether oxygens (including phenoxy) is 1. The van der Waals surface area contributed by atoms with Crippen LogP contribution in [0.4, 0.5) is 9.18 Å². The number of piperidine rings is 1. The number of alkyl halides is 1. The van der Waals surface area contributed by atoms with Crippen molar-refractivity contribution >= 4 is 23.7 Å². The summed E-state index contributed by atoms with van der Waals surface area (Å²) in [6.07, 6.45) is 2.03. The van der Waals surface area contributed by atoms with E-state index in [2.05, 4.69) is 4.40 Å². The highest BCUT2D eigenvalue weighted by molar-refractivity contribution is 7.91. The molecule has 1 rings (SSSR count). The molecular formula is C16H29FN2O3S. The number of likely N-dealkylation sites (tertiary alicyclic amines) is 1. The highest BCUT2D eigenvalue weighted by atomic mass is 32.2. The molecule has 1 aliphatic rings. The Kier molecular flexibility index (Phi) is 6.49. The van der Waals surface area contributed by atoms with Gasteiger partial charge in [-0.2, -0.15) is 0 Å². The molecule has 1 amide bonds. The summed E-state index contributed by atoms with van der Waals surface area (Å²) in [7, 11) is 0. The van der Waals surface area contributed by atoms with Gasteiger partial charge in [-0.3, -0.25) is 4.39 Å². The maximum absolute atomic E-state index is 13.6. The number of amides is 1. The van der Waals surface area contributed by atoms with E-state index in [1.165, 1.54) is 6.21 Å². The molecule has 0 N–H and O–H groups in total. The van der Waals surface area contributed by atoms with E-state index in [1.54, 1.807) is 4.90 Å². The largest absolute Gasteiger partial charge is 0.591 e. The molecule has 0 saturated carbocycles. The van der Waals surface area contributed by atoms with E-state index >= 15 is 0 Å². The summed E-state index contributed by atoms with van der Waals surface area (Å²) in [5, 5.41) is 0. The Balaban J connectivity index is 2.67. The zero-order valence-electron chi connectivity index (χ0n) is 15.0. The number of rotatable bonds is 3. The number of halogens is 1. The Bertz CT molecular complexity index is 436. The van der Waals surface area contributed by atoms with E-state index in [-0.39, 0.29) is 6.09 Å². The Morgan fingerprint density at radius 1 is 1.30 bits per heavy atom. The maximum atomic E-state index is 13.6. The van der Waals surface area contributed by atoms with Crippen molar-refractivity contribution in [3.05, 3.63) is 0 Å². The molecular weight excluding hydrogens is 319 g/mol. The van der Waals surface area contributed by atoms with Crippen LogP contribution in [0.2, 0.25) is 0 Å². The number of carbonyl (C=O) groups excluding carboxylic acids is 1. The van der Waals surface area contributed by atoms with Crippen LogP contribution in [0.5, 0.6) is 0 Å². The van der Waals surface area contributed by atoms with Crippen molar-refractivity contribution in [2.45, 2.75) is 64.7 Å². The van der Waals surface area contributed by atoms with Gasteiger partial charge in [0.25, 0.3) is 0 Å². The van der Waals surface area contributed by atoms with Crippen molar-refractivity contribution in [1.29, 1.82) is 0 Å². The topological polar surface area (TPSA) is 65.0 Å². The van der Waals surface area contributed by atoms with Gasteiger partial charge in [0.15, 0.2) is 0 Å². The molecule has 1 aliphatic heterocycles. The van der Waals surface area contributed by atoms with E-state index < -0.39 is 33.8 Å². The second kappa shape index (κ2) is 7.38. The molecule has 1 atom stereocenters. The molecule has 134 valence electrons. The van der Waals surface area contributed by atoms with Crippen LogP contribution in [0.1, 0.15) is 54.4 Å². The summed E-state index contributed by atoms with van der Waals surface area (Å²) < 4.78 is 34.5. The van der Waals surface area contributed by atoms with Crippen LogP contribution < -0.4 is 0 Å². The number of hydrogen-bond acceptors (Lipinski definition) is 4. The van der Waals surface area contributed by atoms with Gasteiger partial charge < -0.3 is 14.2 Å².